The minimum Gasteiger partial charge on any atom is -0.392 e. The maximum Gasteiger partial charge on any atom is 0.416 e. The molecular formula is C22H20F3NO4. The van der Waals surface area contributed by atoms with Crippen molar-refractivity contribution in [3.8, 4) is 0 Å². The summed E-state index contributed by atoms with van der Waals surface area (Å²) in [5.41, 5.74) is 0.119. The van der Waals surface area contributed by atoms with Crippen molar-refractivity contribution in [1.29, 1.82) is 0 Å². The number of likely N-dealkylation sites (tertiary alicyclic amines) is 1. The van der Waals surface area contributed by atoms with Crippen LogP contribution in [0.25, 0.3) is 0 Å². The molecule has 0 spiro atoms. The van der Waals surface area contributed by atoms with Gasteiger partial charge in [-0.3, -0.25) is 14.4 Å². The van der Waals surface area contributed by atoms with Gasteiger partial charge in [0.1, 0.15) is 5.92 Å². The van der Waals surface area contributed by atoms with Crippen molar-refractivity contribution in [2.24, 2.45) is 5.92 Å². The van der Waals surface area contributed by atoms with Gasteiger partial charge in [-0.15, -0.1) is 0 Å². The number of hydrogen-bond acceptors (Lipinski definition) is 4. The predicted molar refractivity (Wildman–Crippen MR) is 102 cm³/mol. The molecule has 3 atom stereocenters. The van der Waals surface area contributed by atoms with E-state index in [1.54, 1.807) is 12.1 Å². The van der Waals surface area contributed by atoms with Crippen molar-refractivity contribution in [2.45, 2.75) is 32.2 Å². The highest BCUT2D eigenvalue weighted by Crippen LogP contribution is 2.40. The van der Waals surface area contributed by atoms with Crippen molar-refractivity contribution in [3.63, 3.8) is 0 Å². The number of rotatable bonds is 5. The summed E-state index contributed by atoms with van der Waals surface area (Å²) in [5.74, 6) is -4.14. The Labute approximate surface area is 171 Å². The minimum atomic E-state index is -4.63. The maximum absolute atomic E-state index is 13.2. The molecule has 0 aliphatic carbocycles. The van der Waals surface area contributed by atoms with Gasteiger partial charge in [-0.25, -0.2) is 0 Å². The normalized spacial score (nSPS) is 20.5. The molecule has 5 nitrogen and oxygen atoms in total. The van der Waals surface area contributed by atoms with Crippen LogP contribution in [-0.2, 0) is 15.8 Å². The Balaban J connectivity index is 2.11. The van der Waals surface area contributed by atoms with Crippen LogP contribution < -0.4 is 0 Å². The van der Waals surface area contributed by atoms with Gasteiger partial charge in [0.25, 0.3) is 5.91 Å². The Morgan fingerprint density at radius 3 is 2.33 bits per heavy atom. The van der Waals surface area contributed by atoms with Crippen molar-refractivity contribution in [2.75, 3.05) is 6.54 Å². The van der Waals surface area contributed by atoms with Crippen LogP contribution >= 0.6 is 0 Å². The molecule has 1 N–H and O–H groups in total. The molecule has 1 fully saturated rings. The van der Waals surface area contributed by atoms with Crippen LogP contribution in [-0.4, -0.2) is 40.1 Å². The summed E-state index contributed by atoms with van der Waals surface area (Å²) in [5, 5.41) is 9.77. The number of aliphatic hydroxyl groups is 1. The van der Waals surface area contributed by atoms with E-state index in [1.165, 1.54) is 31.2 Å². The number of aryl methyl sites for hydroxylation is 1. The zero-order valence-corrected chi connectivity index (χ0v) is 16.3. The molecule has 1 saturated heterocycles. The third-order valence-corrected chi connectivity index (χ3v) is 5.04. The smallest absolute Gasteiger partial charge is 0.392 e. The number of carbonyl (C=O) groups is 3. The Hall–Kier alpha value is -3.00. The molecule has 1 heterocycles. The van der Waals surface area contributed by atoms with Crippen molar-refractivity contribution < 1.29 is 32.7 Å². The number of carbonyl (C=O) groups excluding carboxylic acids is 3. The van der Waals surface area contributed by atoms with Crippen LogP contribution in [0.2, 0.25) is 0 Å². The van der Waals surface area contributed by atoms with Gasteiger partial charge in [0.05, 0.1) is 17.7 Å². The molecule has 2 aromatic carbocycles. The molecule has 3 rings (SSSR count). The van der Waals surface area contributed by atoms with Crippen LogP contribution in [0.3, 0.4) is 0 Å². The summed E-state index contributed by atoms with van der Waals surface area (Å²) in [6.45, 7) is 2.91. The molecule has 2 aromatic rings. The summed E-state index contributed by atoms with van der Waals surface area (Å²) >= 11 is 0. The second-order valence-electron chi connectivity index (χ2n) is 7.45. The number of nitrogens with zero attached hydrogens (tertiary/aromatic N) is 1. The first kappa shape index (κ1) is 21.7. The average Bonchev–Trinajstić information content (AvgIpc) is 2.92. The van der Waals surface area contributed by atoms with Gasteiger partial charge >= 0.3 is 6.18 Å². The summed E-state index contributed by atoms with van der Waals surface area (Å²) in [6.07, 6.45) is -5.67. The lowest BCUT2D eigenvalue weighted by Gasteiger charge is -2.28. The van der Waals surface area contributed by atoms with E-state index in [0.717, 1.165) is 22.6 Å². The third kappa shape index (κ3) is 4.14. The highest BCUT2D eigenvalue weighted by Gasteiger charge is 2.52. The van der Waals surface area contributed by atoms with E-state index in [1.807, 2.05) is 6.92 Å². The van der Waals surface area contributed by atoms with E-state index < -0.39 is 47.3 Å². The Morgan fingerprint density at radius 2 is 1.77 bits per heavy atom. The number of benzene rings is 2. The Morgan fingerprint density at radius 1 is 1.13 bits per heavy atom. The quantitative estimate of drug-likeness (QED) is 0.458. The van der Waals surface area contributed by atoms with Crippen LogP contribution in [0.1, 0.15) is 40.0 Å². The van der Waals surface area contributed by atoms with E-state index in [0.29, 0.717) is 0 Å². The summed E-state index contributed by atoms with van der Waals surface area (Å²) in [6, 6.07) is 9.33. The predicted octanol–water partition coefficient (Wildman–Crippen LogP) is 3.35. The van der Waals surface area contributed by atoms with Crippen molar-refractivity contribution in [3.05, 3.63) is 70.8 Å². The number of amides is 1. The molecule has 0 radical (unpaired) electrons. The van der Waals surface area contributed by atoms with E-state index in [-0.39, 0.29) is 17.7 Å². The summed E-state index contributed by atoms with van der Waals surface area (Å²) in [7, 11) is 0. The zero-order valence-electron chi connectivity index (χ0n) is 16.3. The van der Waals surface area contributed by atoms with E-state index in [9.17, 15) is 32.7 Å². The molecule has 30 heavy (non-hydrogen) atoms. The molecule has 0 aromatic heterocycles. The lowest BCUT2D eigenvalue weighted by atomic mass is 9.85. The monoisotopic (exact) mass is 419 g/mol. The fourth-order valence-corrected chi connectivity index (χ4v) is 3.64. The number of hydrogen-bond donors (Lipinski definition) is 1. The number of aliphatic hydroxyl groups excluding tert-OH is 1. The topological polar surface area (TPSA) is 74.7 Å². The summed E-state index contributed by atoms with van der Waals surface area (Å²) < 4.78 is 39.7. The summed E-state index contributed by atoms with van der Waals surface area (Å²) in [4.78, 5) is 39.4. The molecular weight excluding hydrogens is 399 g/mol. The van der Waals surface area contributed by atoms with Crippen LogP contribution in [0.4, 0.5) is 13.2 Å². The number of halogens is 3. The standard InChI is InChI=1S/C22H20F3NO4/c1-12-6-8-14(9-7-12)19(28)17-18(26(11-13(2)27)21(30)20(17)29)15-4-3-5-16(10-15)22(23,24)25/h3-10,13,17-18,27H,11H2,1-2H3. The number of Topliss-reactive ketones (excluding diaryl/α,β-unsaturated/α-hetero) is 2. The van der Waals surface area contributed by atoms with Crippen LogP contribution in [0.5, 0.6) is 0 Å². The van der Waals surface area contributed by atoms with Gasteiger partial charge in [0.2, 0.25) is 5.78 Å². The maximum atomic E-state index is 13.2. The zero-order chi connectivity index (χ0) is 22.2. The highest BCUT2D eigenvalue weighted by atomic mass is 19.4. The fraction of sp³-hybridized carbons (Fsp3) is 0.318. The lowest BCUT2D eigenvalue weighted by molar-refractivity contribution is -0.141. The third-order valence-electron chi connectivity index (χ3n) is 5.04. The first-order chi connectivity index (χ1) is 14.0. The first-order valence-corrected chi connectivity index (χ1v) is 9.31. The minimum absolute atomic E-state index is 0.00939. The number of β-amino-alcohol motifs (C(OH)–C–C–N with tert-alkyl or cyclic N) is 1. The molecule has 3 unspecified atom stereocenters. The SMILES string of the molecule is Cc1ccc(C(=O)C2C(=O)C(=O)N(CC(C)O)C2c2cccc(C(F)(F)F)c2)cc1. The molecule has 0 saturated carbocycles. The van der Waals surface area contributed by atoms with Gasteiger partial charge in [-0.1, -0.05) is 42.0 Å². The van der Waals surface area contributed by atoms with Gasteiger partial charge in [0, 0.05) is 12.1 Å². The molecule has 1 aliphatic heterocycles. The van der Waals surface area contributed by atoms with Crippen molar-refractivity contribution in [1.82, 2.24) is 4.90 Å². The molecule has 1 aliphatic rings. The molecule has 158 valence electrons. The van der Waals surface area contributed by atoms with Gasteiger partial charge in [-0.2, -0.15) is 13.2 Å². The second-order valence-corrected chi connectivity index (χ2v) is 7.45. The van der Waals surface area contributed by atoms with Crippen LogP contribution in [0.15, 0.2) is 48.5 Å². The van der Waals surface area contributed by atoms with E-state index in [2.05, 4.69) is 0 Å². The largest absolute Gasteiger partial charge is 0.416 e. The van der Waals surface area contributed by atoms with Crippen molar-refractivity contribution >= 4 is 17.5 Å². The highest BCUT2D eigenvalue weighted by molar-refractivity contribution is 6.44. The Kier molecular flexibility index (Phi) is 5.81. The van der Waals surface area contributed by atoms with Gasteiger partial charge in [-0.05, 0) is 31.5 Å². The van der Waals surface area contributed by atoms with Crippen LogP contribution in [0, 0.1) is 12.8 Å². The fourth-order valence-electron chi connectivity index (χ4n) is 3.64. The first-order valence-electron chi connectivity index (χ1n) is 9.31. The van der Waals surface area contributed by atoms with E-state index in [4.69, 9.17) is 0 Å². The number of alkyl halides is 3. The van der Waals surface area contributed by atoms with Gasteiger partial charge in [0.15, 0.2) is 5.78 Å². The molecule has 8 heteroatoms. The average molecular weight is 419 g/mol. The second kappa shape index (κ2) is 8.02. The lowest BCUT2D eigenvalue weighted by Crippen LogP contribution is -2.36. The van der Waals surface area contributed by atoms with E-state index >= 15 is 0 Å². The Bertz CT molecular complexity index is 983. The number of ketones is 2. The molecule has 1 amide bonds. The molecule has 0 bridgehead atoms. The van der Waals surface area contributed by atoms with Gasteiger partial charge < -0.3 is 10.0 Å².